The average Bonchev–Trinajstić information content (AvgIpc) is 2.72. The van der Waals surface area contributed by atoms with Crippen molar-refractivity contribution < 1.29 is 12.8 Å². The molecule has 0 aliphatic carbocycles. The molecule has 3 N–H and O–H groups in total. The van der Waals surface area contributed by atoms with Crippen LogP contribution in [0.25, 0.3) is 11.0 Å². The minimum atomic E-state index is -3.85. The van der Waals surface area contributed by atoms with Crippen LogP contribution in [-0.4, -0.2) is 45.5 Å². The van der Waals surface area contributed by atoms with Gasteiger partial charge >= 0.3 is 0 Å². The van der Waals surface area contributed by atoms with E-state index in [1.165, 1.54) is 6.07 Å². The predicted molar refractivity (Wildman–Crippen MR) is 86.9 cm³/mol. The molecule has 0 aromatic carbocycles. The molecule has 120 valence electrons. The Morgan fingerprint density at radius 2 is 2.05 bits per heavy atom. The number of aromatic nitrogens is 1. The lowest BCUT2D eigenvalue weighted by Crippen LogP contribution is -2.21. The van der Waals surface area contributed by atoms with Gasteiger partial charge in [-0.2, -0.15) is 0 Å². The Hall–Kier alpha value is -1.06. The van der Waals surface area contributed by atoms with E-state index in [0.29, 0.717) is 23.3 Å². The number of nitrogens with zero attached hydrogens (tertiary/aromatic N) is 2. The molecule has 0 spiro atoms. The fraction of sp³-hybridized carbons (Fsp3) is 0.364. The summed E-state index contributed by atoms with van der Waals surface area (Å²) in [5.41, 5.74) is 0.436. The molecule has 21 heavy (non-hydrogen) atoms. The van der Waals surface area contributed by atoms with Crippen LogP contribution < -0.4 is 10.5 Å². The third kappa shape index (κ3) is 5.01. The maximum atomic E-state index is 11.3. The van der Waals surface area contributed by atoms with Crippen molar-refractivity contribution in [1.82, 2.24) is 9.88 Å². The number of primary sulfonamides is 1. The number of rotatable bonds is 5. The molecule has 0 unspecified atom stereocenters. The molecule has 2 rings (SSSR count). The molecule has 0 amide bonds. The highest BCUT2D eigenvalue weighted by Crippen LogP contribution is 2.26. The van der Waals surface area contributed by atoms with E-state index in [-0.39, 0.29) is 29.9 Å². The summed E-state index contributed by atoms with van der Waals surface area (Å²) in [6.45, 7) is 1.52. The van der Waals surface area contributed by atoms with Crippen LogP contribution in [0.1, 0.15) is 0 Å². The number of halogens is 2. The first-order valence-corrected chi connectivity index (χ1v) is 7.22. The van der Waals surface area contributed by atoms with Crippen molar-refractivity contribution in [2.24, 2.45) is 5.14 Å². The number of hydrogen-bond acceptors (Lipinski definition) is 6. The van der Waals surface area contributed by atoms with E-state index in [1.54, 1.807) is 12.3 Å². The fourth-order valence-corrected chi connectivity index (χ4v) is 2.11. The van der Waals surface area contributed by atoms with Gasteiger partial charge in [0.1, 0.15) is 11.4 Å². The Kier molecular flexibility index (Phi) is 7.41. The third-order valence-corrected chi connectivity index (χ3v) is 3.32. The molecule has 0 saturated carbocycles. The Morgan fingerprint density at radius 3 is 2.62 bits per heavy atom. The zero-order valence-corrected chi connectivity index (χ0v) is 14.0. The number of likely N-dealkylation sites (N-methyl/N-ethyl adjacent to an activating group) is 1. The molecule has 10 heteroatoms. The maximum Gasteiger partial charge on any atom is 0.271 e. The summed E-state index contributed by atoms with van der Waals surface area (Å²) in [5.74, 6) is 0.581. The Labute approximate surface area is 135 Å². The summed E-state index contributed by atoms with van der Waals surface area (Å²) in [6, 6.07) is 2.98. The number of anilines is 1. The Morgan fingerprint density at radius 1 is 1.38 bits per heavy atom. The second-order valence-corrected chi connectivity index (χ2v) is 5.90. The second kappa shape index (κ2) is 7.81. The maximum absolute atomic E-state index is 11.3. The molecule has 0 atom stereocenters. The van der Waals surface area contributed by atoms with E-state index in [9.17, 15) is 8.42 Å². The van der Waals surface area contributed by atoms with Gasteiger partial charge in [0.15, 0.2) is 0 Å². The predicted octanol–water partition coefficient (Wildman–Crippen LogP) is 1.29. The highest BCUT2D eigenvalue weighted by molar-refractivity contribution is 7.89. The van der Waals surface area contributed by atoms with Gasteiger partial charge in [-0.1, -0.05) is 0 Å². The van der Waals surface area contributed by atoms with Gasteiger partial charge < -0.3 is 14.6 Å². The molecule has 7 nitrogen and oxygen atoms in total. The zero-order valence-electron chi connectivity index (χ0n) is 11.6. The van der Waals surface area contributed by atoms with Gasteiger partial charge in [-0.3, -0.25) is 0 Å². The van der Waals surface area contributed by atoms with Crippen molar-refractivity contribution in [2.75, 3.05) is 32.5 Å². The lowest BCUT2D eigenvalue weighted by molar-refractivity contribution is 0.425. The highest BCUT2D eigenvalue weighted by atomic mass is 35.5. The van der Waals surface area contributed by atoms with E-state index in [2.05, 4.69) is 10.3 Å². The third-order valence-electron chi connectivity index (χ3n) is 2.55. The molecule has 0 aliphatic heterocycles. The van der Waals surface area contributed by atoms with Gasteiger partial charge in [0, 0.05) is 25.4 Å². The monoisotopic (exact) mass is 356 g/mol. The van der Waals surface area contributed by atoms with Gasteiger partial charge in [-0.05, 0) is 20.2 Å². The first kappa shape index (κ1) is 19.9. The van der Waals surface area contributed by atoms with Crippen LogP contribution in [0, 0.1) is 0 Å². The number of furan rings is 1. The van der Waals surface area contributed by atoms with Crippen LogP contribution in [-0.2, 0) is 10.0 Å². The molecule has 0 radical (unpaired) electrons. The van der Waals surface area contributed by atoms with Crippen molar-refractivity contribution in [2.45, 2.75) is 5.09 Å². The number of nitrogens with two attached hydrogens (primary N) is 1. The highest BCUT2D eigenvalue weighted by Gasteiger charge is 2.16. The van der Waals surface area contributed by atoms with E-state index in [0.717, 1.165) is 6.54 Å². The van der Waals surface area contributed by atoms with E-state index in [1.807, 2.05) is 19.0 Å². The molecular weight excluding hydrogens is 339 g/mol. The van der Waals surface area contributed by atoms with E-state index in [4.69, 9.17) is 9.56 Å². The molecule has 2 aromatic heterocycles. The first-order valence-electron chi connectivity index (χ1n) is 5.68. The number of nitrogens with one attached hydrogen (secondary N) is 1. The summed E-state index contributed by atoms with van der Waals surface area (Å²) in [6.07, 6.45) is 1.55. The Balaban J connectivity index is 0.00000200. The van der Waals surface area contributed by atoms with Crippen LogP contribution >= 0.6 is 24.8 Å². The topological polar surface area (TPSA) is 101 Å². The molecule has 0 fully saturated rings. The van der Waals surface area contributed by atoms with Crippen molar-refractivity contribution in [1.29, 1.82) is 0 Å². The van der Waals surface area contributed by atoms with Crippen molar-refractivity contribution in [3.05, 3.63) is 18.3 Å². The lowest BCUT2D eigenvalue weighted by atomic mass is 10.3. The van der Waals surface area contributed by atoms with E-state index >= 15 is 0 Å². The molecule has 2 aromatic rings. The zero-order chi connectivity index (χ0) is 14.0. The van der Waals surface area contributed by atoms with Crippen LogP contribution in [0.4, 0.5) is 5.82 Å². The molecule has 0 bridgehead atoms. The van der Waals surface area contributed by atoms with Gasteiger partial charge in [-0.25, -0.2) is 18.5 Å². The smallest absolute Gasteiger partial charge is 0.271 e. The number of fused-ring (bicyclic) bond motifs is 1. The molecular formula is C11H18Cl2N4O3S. The van der Waals surface area contributed by atoms with Gasteiger partial charge in [0.05, 0.1) is 5.39 Å². The summed E-state index contributed by atoms with van der Waals surface area (Å²) in [4.78, 5) is 6.20. The quantitative estimate of drug-likeness (QED) is 0.836. The minimum absolute atomic E-state index is 0. The minimum Gasteiger partial charge on any atom is -0.443 e. The number of hydrogen-bond donors (Lipinski definition) is 2. The number of pyridine rings is 1. The van der Waals surface area contributed by atoms with E-state index < -0.39 is 10.0 Å². The van der Waals surface area contributed by atoms with Gasteiger partial charge in [0.25, 0.3) is 10.0 Å². The van der Waals surface area contributed by atoms with Gasteiger partial charge in [-0.15, -0.1) is 24.8 Å². The fourth-order valence-electron chi connectivity index (χ4n) is 1.62. The van der Waals surface area contributed by atoms with Crippen molar-refractivity contribution in [3.8, 4) is 0 Å². The standard InChI is InChI=1S/C11H16N4O3S.2ClH/c1-15(2)6-5-14-11-8-7-10(19(12,16)17)18-9(8)3-4-13-11;;/h3-4,7H,5-6H2,1-2H3,(H,13,14)(H2,12,16,17);2*1H. The Bertz CT molecular complexity index is 688. The second-order valence-electron chi connectivity index (χ2n) is 4.41. The SMILES string of the molecule is CN(C)CCNc1nccc2oc(S(N)(=O)=O)cc12.Cl.Cl. The summed E-state index contributed by atoms with van der Waals surface area (Å²) in [5, 5.41) is 8.52. The van der Waals surface area contributed by atoms with Crippen molar-refractivity contribution >= 4 is 51.6 Å². The lowest BCUT2D eigenvalue weighted by Gasteiger charge is -2.10. The largest absolute Gasteiger partial charge is 0.443 e. The molecule has 0 aliphatic rings. The average molecular weight is 357 g/mol. The normalized spacial score (nSPS) is 11.0. The summed E-state index contributed by atoms with van der Waals surface area (Å²) >= 11 is 0. The van der Waals surface area contributed by atoms with Crippen LogP contribution in [0.2, 0.25) is 0 Å². The van der Waals surface area contributed by atoms with Crippen molar-refractivity contribution in [3.63, 3.8) is 0 Å². The molecule has 0 saturated heterocycles. The summed E-state index contributed by atoms with van der Waals surface area (Å²) < 4.78 is 27.7. The van der Waals surface area contributed by atoms with Gasteiger partial charge in [0.2, 0.25) is 5.09 Å². The van der Waals surface area contributed by atoms with Crippen LogP contribution in [0.15, 0.2) is 27.8 Å². The summed E-state index contributed by atoms with van der Waals surface area (Å²) in [7, 11) is 0.0840. The number of sulfonamides is 1. The molecule has 2 heterocycles. The first-order chi connectivity index (χ1) is 8.88. The van der Waals surface area contributed by atoms with Crippen LogP contribution in [0.3, 0.4) is 0 Å². The van der Waals surface area contributed by atoms with Crippen LogP contribution in [0.5, 0.6) is 0 Å².